The van der Waals surface area contributed by atoms with Gasteiger partial charge in [-0.1, -0.05) is 198 Å². The first kappa shape index (κ1) is 36.3. The van der Waals surface area contributed by atoms with Crippen LogP contribution in [0.5, 0.6) is 0 Å². The van der Waals surface area contributed by atoms with Crippen molar-refractivity contribution in [2.24, 2.45) is 5.73 Å². The van der Waals surface area contributed by atoms with E-state index < -0.39 is 0 Å². The van der Waals surface area contributed by atoms with E-state index in [0.717, 1.165) is 11.3 Å². The lowest BCUT2D eigenvalue weighted by molar-refractivity contribution is 0.628. The molecule has 0 aromatic heterocycles. The molecule has 0 amide bonds. The molecule has 2 aliphatic carbocycles. The number of hydrogen-bond acceptors (Lipinski definition) is 2. The molecule has 11 rings (SSSR count). The summed E-state index contributed by atoms with van der Waals surface area (Å²) >= 11 is 0. The second-order valence-electron chi connectivity index (χ2n) is 17.8. The molecule has 0 saturated carbocycles. The Morgan fingerprint density at radius 2 is 0.983 bits per heavy atom. The van der Waals surface area contributed by atoms with Crippen molar-refractivity contribution in [1.82, 2.24) is 5.32 Å². The highest BCUT2D eigenvalue weighted by Crippen LogP contribution is 2.59. The largest absolute Gasteiger partial charge is 0.398 e. The third kappa shape index (κ3) is 5.37. The summed E-state index contributed by atoms with van der Waals surface area (Å²) in [6, 6.07) is 64.6. The number of nitrogens with two attached hydrogens (primary N) is 1. The minimum Gasteiger partial charge on any atom is -0.398 e. The summed E-state index contributed by atoms with van der Waals surface area (Å²) < 4.78 is 0. The molecule has 9 aromatic carbocycles. The summed E-state index contributed by atoms with van der Waals surface area (Å²) in [4.78, 5) is 0. The lowest BCUT2D eigenvalue weighted by atomic mass is 9.77. The van der Waals surface area contributed by atoms with Crippen molar-refractivity contribution < 1.29 is 0 Å². The van der Waals surface area contributed by atoms with Crippen LogP contribution in [0.4, 0.5) is 0 Å². The molecular formula is C58H48N2. The van der Waals surface area contributed by atoms with Gasteiger partial charge in [-0.2, -0.15) is 0 Å². The third-order valence-electron chi connectivity index (χ3n) is 13.8. The van der Waals surface area contributed by atoms with Crippen LogP contribution >= 0.6 is 0 Å². The molecule has 2 aliphatic rings. The molecular weight excluding hydrogens is 725 g/mol. The van der Waals surface area contributed by atoms with Gasteiger partial charge in [-0.15, -0.1) is 0 Å². The lowest BCUT2D eigenvalue weighted by Gasteiger charge is -2.27. The van der Waals surface area contributed by atoms with Crippen LogP contribution in [0.15, 0.2) is 182 Å². The van der Waals surface area contributed by atoms with Crippen molar-refractivity contribution in [2.75, 3.05) is 0 Å². The molecule has 2 nitrogen and oxygen atoms in total. The standard InChI is InChI=1S/C58H48N2/c1-57(2)46-29-17-15-27-43(46)54-48(57)32-31-42-45(33-49-55(56(42)54)44-28-16-18-30-47(44)58(49,3)4)52-38-23-11-13-25-40(38)53(41-26-14-12-24-39(41)52)51(60-35-36-19-7-5-8-20-36)34-50(59)37-21-9-6-10-22-37/h5-34,51,60H,35,59H2,1-4H3/b50-34-. The number of benzene rings is 9. The summed E-state index contributed by atoms with van der Waals surface area (Å²) in [5, 5.41) is 11.5. The van der Waals surface area contributed by atoms with Crippen LogP contribution in [0.25, 0.3) is 71.4 Å². The molecule has 0 aliphatic heterocycles. The van der Waals surface area contributed by atoms with Crippen molar-refractivity contribution in [3.05, 3.63) is 221 Å². The van der Waals surface area contributed by atoms with E-state index in [-0.39, 0.29) is 16.9 Å². The quantitative estimate of drug-likeness (QED) is 0.158. The maximum atomic E-state index is 7.01. The third-order valence-corrected chi connectivity index (χ3v) is 13.8. The van der Waals surface area contributed by atoms with Gasteiger partial charge in [-0.05, 0) is 117 Å². The molecule has 60 heavy (non-hydrogen) atoms. The van der Waals surface area contributed by atoms with Gasteiger partial charge in [0.05, 0.1) is 6.04 Å². The highest BCUT2D eigenvalue weighted by Gasteiger charge is 2.42. The van der Waals surface area contributed by atoms with E-state index in [0.29, 0.717) is 6.54 Å². The van der Waals surface area contributed by atoms with E-state index in [1.165, 1.54) is 99.1 Å². The van der Waals surface area contributed by atoms with E-state index in [1.54, 1.807) is 0 Å². The molecule has 2 heteroatoms. The topological polar surface area (TPSA) is 38.0 Å². The van der Waals surface area contributed by atoms with Crippen molar-refractivity contribution in [3.63, 3.8) is 0 Å². The molecule has 1 atom stereocenters. The van der Waals surface area contributed by atoms with Crippen LogP contribution in [0.3, 0.4) is 0 Å². The normalized spacial score (nSPS) is 15.2. The molecule has 0 saturated heterocycles. The average Bonchev–Trinajstić information content (AvgIpc) is 3.66. The fourth-order valence-electron chi connectivity index (χ4n) is 10.8. The van der Waals surface area contributed by atoms with Crippen molar-refractivity contribution in [1.29, 1.82) is 0 Å². The van der Waals surface area contributed by atoms with Gasteiger partial charge in [0.15, 0.2) is 0 Å². The van der Waals surface area contributed by atoms with E-state index in [4.69, 9.17) is 5.73 Å². The van der Waals surface area contributed by atoms with Crippen molar-refractivity contribution >= 4 is 38.0 Å². The zero-order valence-corrected chi connectivity index (χ0v) is 34.7. The van der Waals surface area contributed by atoms with Crippen LogP contribution in [0, 0.1) is 0 Å². The fourth-order valence-corrected chi connectivity index (χ4v) is 10.8. The monoisotopic (exact) mass is 772 g/mol. The molecule has 0 bridgehead atoms. The van der Waals surface area contributed by atoms with Gasteiger partial charge in [0, 0.05) is 23.1 Å². The Morgan fingerprint density at radius 1 is 0.483 bits per heavy atom. The van der Waals surface area contributed by atoms with Crippen LogP contribution in [0.1, 0.15) is 72.7 Å². The van der Waals surface area contributed by atoms with Gasteiger partial charge in [0.25, 0.3) is 0 Å². The highest BCUT2D eigenvalue weighted by molar-refractivity contribution is 6.23. The lowest BCUT2D eigenvalue weighted by Crippen LogP contribution is -2.21. The molecule has 290 valence electrons. The predicted molar refractivity (Wildman–Crippen MR) is 254 cm³/mol. The van der Waals surface area contributed by atoms with E-state index in [1.807, 2.05) is 6.07 Å². The molecule has 0 radical (unpaired) electrons. The van der Waals surface area contributed by atoms with E-state index in [9.17, 15) is 0 Å². The second kappa shape index (κ2) is 13.7. The first-order chi connectivity index (χ1) is 29.2. The average molecular weight is 773 g/mol. The summed E-state index contributed by atoms with van der Waals surface area (Å²) in [6.07, 6.45) is 2.22. The minimum absolute atomic E-state index is 0.117. The fraction of sp³-hybridized carbons (Fsp3) is 0.138. The maximum absolute atomic E-state index is 7.01. The first-order valence-corrected chi connectivity index (χ1v) is 21.3. The number of fused-ring (bicyclic) bond motifs is 11. The van der Waals surface area contributed by atoms with Gasteiger partial charge in [-0.3, -0.25) is 0 Å². The number of rotatable bonds is 7. The zero-order valence-electron chi connectivity index (χ0n) is 34.7. The van der Waals surface area contributed by atoms with Crippen molar-refractivity contribution in [2.45, 2.75) is 51.1 Å². The molecule has 0 heterocycles. The Kier molecular flexibility index (Phi) is 8.28. The van der Waals surface area contributed by atoms with Gasteiger partial charge in [0.1, 0.15) is 0 Å². The smallest absolute Gasteiger partial charge is 0.0544 e. The Morgan fingerprint density at radius 3 is 1.60 bits per heavy atom. The van der Waals surface area contributed by atoms with Crippen LogP contribution < -0.4 is 11.1 Å². The Bertz CT molecular complexity index is 3130. The van der Waals surface area contributed by atoms with Crippen LogP contribution in [-0.4, -0.2) is 0 Å². The highest BCUT2D eigenvalue weighted by atomic mass is 14.9. The number of hydrogen-bond donors (Lipinski definition) is 2. The molecule has 0 fully saturated rings. The Balaban J connectivity index is 1.24. The summed E-state index contributed by atoms with van der Waals surface area (Å²) in [7, 11) is 0. The molecule has 9 aromatic rings. The summed E-state index contributed by atoms with van der Waals surface area (Å²) in [6.45, 7) is 10.3. The Labute approximate surface area is 353 Å². The molecule has 1 unspecified atom stereocenters. The SMILES string of the molecule is CC1(C)c2ccccc2-c2c1ccc1c(-c3c4ccccc4c(C(/C=C(\N)c4ccccc4)NCc4ccccc4)c4ccccc34)cc3c(c21)-c1ccccc1C3(C)C. The number of nitrogens with one attached hydrogen (secondary N) is 1. The van der Waals surface area contributed by atoms with Crippen molar-refractivity contribution in [3.8, 4) is 33.4 Å². The Hall–Kier alpha value is -6.74. The van der Waals surface area contributed by atoms with Gasteiger partial charge >= 0.3 is 0 Å². The van der Waals surface area contributed by atoms with Crippen LogP contribution in [-0.2, 0) is 17.4 Å². The molecule has 0 spiro atoms. The van der Waals surface area contributed by atoms with Gasteiger partial charge < -0.3 is 11.1 Å². The van der Waals surface area contributed by atoms with Crippen LogP contribution in [0.2, 0.25) is 0 Å². The van der Waals surface area contributed by atoms with Gasteiger partial charge in [-0.25, -0.2) is 0 Å². The van der Waals surface area contributed by atoms with E-state index in [2.05, 4.69) is 209 Å². The van der Waals surface area contributed by atoms with Gasteiger partial charge in [0.2, 0.25) is 0 Å². The molecule has 3 N–H and O–H groups in total. The summed E-state index contributed by atoms with van der Waals surface area (Å²) in [5.41, 5.74) is 24.5. The predicted octanol–water partition coefficient (Wildman–Crippen LogP) is 14.3. The zero-order chi connectivity index (χ0) is 40.8. The van der Waals surface area contributed by atoms with E-state index >= 15 is 0 Å². The minimum atomic E-state index is -0.191. The first-order valence-electron chi connectivity index (χ1n) is 21.3. The second-order valence-corrected chi connectivity index (χ2v) is 17.8. The summed E-state index contributed by atoms with van der Waals surface area (Å²) in [5.74, 6) is 0. The maximum Gasteiger partial charge on any atom is 0.0544 e.